The minimum Gasteiger partial charge on any atom is -0.342 e. The Labute approximate surface area is 93.0 Å². The number of carbonyl (C=O) groups excluding carboxylic acids is 1. The molecule has 1 amide bonds. The number of carbonyl (C=O) groups is 1. The van der Waals surface area contributed by atoms with Gasteiger partial charge in [0.1, 0.15) is 0 Å². The molecule has 1 saturated heterocycles. The molecule has 0 saturated carbocycles. The number of amides is 1. The molecule has 0 aliphatic carbocycles. The van der Waals surface area contributed by atoms with Crippen LogP contribution in [0.4, 0.5) is 0 Å². The van der Waals surface area contributed by atoms with Crippen molar-refractivity contribution in [3.63, 3.8) is 0 Å². The molecule has 3 nitrogen and oxygen atoms in total. The van der Waals surface area contributed by atoms with Crippen molar-refractivity contribution in [3.8, 4) is 0 Å². The van der Waals surface area contributed by atoms with Gasteiger partial charge in [0.2, 0.25) is 5.91 Å². The molecule has 1 atom stereocenters. The lowest BCUT2D eigenvalue weighted by Crippen LogP contribution is -2.41. The van der Waals surface area contributed by atoms with Crippen LogP contribution < -0.4 is 5.73 Å². The molecule has 1 rings (SSSR count). The second kappa shape index (κ2) is 4.12. The van der Waals surface area contributed by atoms with Crippen LogP contribution in [0.15, 0.2) is 0 Å². The molecule has 0 spiro atoms. The Bertz CT molecular complexity index is 250. The Hall–Kier alpha value is -0.570. The van der Waals surface area contributed by atoms with Crippen molar-refractivity contribution < 1.29 is 4.79 Å². The van der Waals surface area contributed by atoms with Crippen molar-refractivity contribution >= 4 is 5.91 Å². The third-order valence-electron chi connectivity index (χ3n) is 3.80. The lowest BCUT2D eigenvalue weighted by atomic mass is 9.88. The van der Waals surface area contributed by atoms with E-state index in [1.807, 2.05) is 18.7 Å². The van der Waals surface area contributed by atoms with Gasteiger partial charge in [0, 0.05) is 18.5 Å². The minimum absolute atomic E-state index is 0.138. The van der Waals surface area contributed by atoms with Crippen LogP contribution in [-0.4, -0.2) is 30.4 Å². The van der Waals surface area contributed by atoms with Gasteiger partial charge in [0.05, 0.1) is 0 Å². The predicted molar refractivity (Wildman–Crippen MR) is 62.4 cm³/mol. The van der Waals surface area contributed by atoms with Crippen molar-refractivity contribution in [2.24, 2.45) is 16.6 Å². The fraction of sp³-hybridized carbons (Fsp3) is 0.917. The Balaban J connectivity index is 2.66. The van der Waals surface area contributed by atoms with E-state index in [1.54, 1.807) is 0 Å². The van der Waals surface area contributed by atoms with Crippen LogP contribution >= 0.6 is 0 Å². The number of nitrogens with zero attached hydrogens (tertiary/aromatic N) is 1. The minimum atomic E-state index is -0.222. The average molecular weight is 212 g/mol. The zero-order valence-corrected chi connectivity index (χ0v) is 10.5. The first-order valence-electron chi connectivity index (χ1n) is 5.84. The van der Waals surface area contributed by atoms with Crippen LogP contribution in [0, 0.1) is 10.8 Å². The molecule has 0 aromatic heterocycles. The second-order valence-electron chi connectivity index (χ2n) is 5.73. The van der Waals surface area contributed by atoms with Crippen molar-refractivity contribution in [3.05, 3.63) is 0 Å². The number of rotatable bonds is 3. The monoisotopic (exact) mass is 212 g/mol. The maximum atomic E-state index is 12.2. The second-order valence-corrected chi connectivity index (χ2v) is 5.73. The quantitative estimate of drug-likeness (QED) is 0.772. The number of likely N-dealkylation sites (tertiary alicyclic amines) is 1. The van der Waals surface area contributed by atoms with Crippen molar-refractivity contribution in [2.75, 3.05) is 19.6 Å². The number of hydrogen-bond donors (Lipinski definition) is 1. The molecule has 0 radical (unpaired) electrons. The Morgan fingerprint density at radius 3 is 2.53 bits per heavy atom. The topological polar surface area (TPSA) is 46.3 Å². The smallest absolute Gasteiger partial charge is 0.228 e. The summed E-state index contributed by atoms with van der Waals surface area (Å²) in [5.41, 5.74) is 5.65. The maximum absolute atomic E-state index is 12.2. The highest BCUT2D eigenvalue weighted by Gasteiger charge is 2.39. The normalized spacial score (nSPS) is 27.1. The summed E-state index contributed by atoms with van der Waals surface area (Å²) >= 11 is 0. The van der Waals surface area contributed by atoms with E-state index in [4.69, 9.17) is 5.73 Å². The largest absolute Gasteiger partial charge is 0.342 e. The first-order chi connectivity index (χ1) is 6.84. The molecule has 3 heteroatoms. The lowest BCUT2D eigenvalue weighted by molar-refractivity contribution is -0.139. The molecule has 1 unspecified atom stereocenters. The van der Waals surface area contributed by atoms with Crippen LogP contribution in [0.5, 0.6) is 0 Å². The van der Waals surface area contributed by atoms with E-state index in [0.717, 1.165) is 25.9 Å². The van der Waals surface area contributed by atoms with Crippen LogP contribution in [0.1, 0.15) is 40.5 Å². The first kappa shape index (κ1) is 12.5. The number of hydrogen-bond acceptors (Lipinski definition) is 2. The van der Waals surface area contributed by atoms with Gasteiger partial charge in [-0.2, -0.15) is 0 Å². The zero-order valence-electron chi connectivity index (χ0n) is 10.5. The van der Waals surface area contributed by atoms with Crippen LogP contribution in [0.2, 0.25) is 0 Å². The standard InChI is InChI=1S/C12H24N2O/c1-5-11(2,3)10(15)14-7-6-12(4,8-13)9-14/h5-9,13H2,1-4H3. The van der Waals surface area contributed by atoms with E-state index in [-0.39, 0.29) is 16.7 Å². The Kier molecular flexibility index (Phi) is 3.44. The fourth-order valence-electron chi connectivity index (χ4n) is 1.94. The van der Waals surface area contributed by atoms with Crippen LogP contribution in [0.3, 0.4) is 0 Å². The molecular weight excluding hydrogens is 188 g/mol. The van der Waals surface area contributed by atoms with Gasteiger partial charge in [-0.15, -0.1) is 0 Å². The number of nitrogens with two attached hydrogens (primary N) is 1. The first-order valence-corrected chi connectivity index (χ1v) is 5.84. The summed E-state index contributed by atoms with van der Waals surface area (Å²) in [5.74, 6) is 0.280. The van der Waals surface area contributed by atoms with Gasteiger partial charge in [-0.3, -0.25) is 4.79 Å². The third-order valence-corrected chi connectivity index (χ3v) is 3.80. The molecule has 0 bridgehead atoms. The van der Waals surface area contributed by atoms with Crippen molar-refractivity contribution in [1.29, 1.82) is 0 Å². The van der Waals surface area contributed by atoms with Gasteiger partial charge in [-0.1, -0.05) is 27.7 Å². The summed E-state index contributed by atoms with van der Waals surface area (Å²) in [6, 6.07) is 0. The lowest BCUT2D eigenvalue weighted by Gasteiger charge is -2.29. The molecule has 1 aliphatic rings. The van der Waals surface area contributed by atoms with E-state index < -0.39 is 0 Å². The summed E-state index contributed by atoms with van der Waals surface area (Å²) in [4.78, 5) is 14.2. The van der Waals surface area contributed by atoms with Gasteiger partial charge < -0.3 is 10.6 Å². The molecule has 0 aromatic rings. The van der Waals surface area contributed by atoms with Crippen LogP contribution in [-0.2, 0) is 4.79 Å². The van der Waals surface area contributed by atoms with Crippen molar-refractivity contribution in [1.82, 2.24) is 4.90 Å². The summed E-state index contributed by atoms with van der Waals surface area (Å²) < 4.78 is 0. The zero-order chi connectivity index (χ0) is 11.7. The van der Waals surface area contributed by atoms with E-state index >= 15 is 0 Å². The summed E-state index contributed by atoms with van der Waals surface area (Å²) in [7, 11) is 0. The SMILES string of the molecule is CCC(C)(C)C(=O)N1CCC(C)(CN)C1. The molecular formula is C12H24N2O. The highest BCUT2D eigenvalue weighted by molar-refractivity contribution is 5.82. The highest BCUT2D eigenvalue weighted by Crippen LogP contribution is 2.32. The molecule has 88 valence electrons. The van der Waals surface area contributed by atoms with E-state index in [1.165, 1.54) is 0 Å². The summed E-state index contributed by atoms with van der Waals surface area (Å²) in [6.45, 7) is 10.6. The van der Waals surface area contributed by atoms with Crippen LogP contribution in [0.25, 0.3) is 0 Å². The van der Waals surface area contributed by atoms with E-state index in [0.29, 0.717) is 6.54 Å². The van der Waals surface area contributed by atoms with Gasteiger partial charge >= 0.3 is 0 Å². The fourth-order valence-corrected chi connectivity index (χ4v) is 1.94. The molecule has 1 fully saturated rings. The Morgan fingerprint density at radius 2 is 2.13 bits per heavy atom. The molecule has 15 heavy (non-hydrogen) atoms. The van der Waals surface area contributed by atoms with E-state index in [9.17, 15) is 4.79 Å². The van der Waals surface area contributed by atoms with E-state index in [2.05, 4.69) is 13.8 Å². The third kappa shape index (κ3) is 2.51. The molecule has 2 N–H and O–H groups in total. The Morgan fingerprint density at radius 1 is 1.53 bits per heavy atom. The van der Waals surface area contributed by atoms with Gasteiger partial charge in [0.25, 0.3) is 0 Å². The van der Waals surface area contributed by atoms with Gasteiger partial charge in [-0.05, 0) is 24.8 Å². The van der Waals surface area contributed by atoms with Gasteiger partial charge in [-0.25, -0.2) is 0 Å². The average Bonchev–Trinajstić information content (AvgIpc) is 2.60. The summed E-state index contributed by atoms with van der Waals surface area (Å²) in [6.07, 6.45) is 1.93. The molecule has 1 aliphatic heterocycles. The summed E-state index contributed by atoms with van der Waals surface area (Å²) in [5, 5.41) is 0. The highest BCUT2D eigenvalue weighted by atomic mass is 16.2. The van der Waals surface area contributed by atoms with Gasteiger partial charge in [0.15, 0.2) is 0 Å². The predicted octanol–water partition coefficient (Wildman–Crippen LogP) is 1.62. The van der Waals surface area contributed by atoms with Crippen molar-refractivity contribution in [2.45, 2.75) is 40.5 Å². The molecule has 0 aromatic carbocycles. The molecule has 1 heterocycles. The maximum Gasteiger partial charge on any atom is 0.228 e.